The molecule has 1 amide bonds. The molecule has 1 fully saturated rings. The maximum Gasteiger partial charge on any atom is 0.270 e. The third-order valence-corrected chi connectivity index (χ3v) is 6.36. The van der Waals surface area contributed by atoms with Gasteiger partial charge in [-0.25, -0.2) is 15.0 Å². The van der Waals surface area contributed by atoms with E-state index >= 15 is 0 Å². The molecule has 0 unspecified atom stereocenters. The first-order chi connectivity index (χ1) is 18.7. The van der Waals surface area contributed by atoms with Crippen molar-refractivity contribution >= 4 is 28.3 Å². The van der Waals surface area contributed by atoms with E-state index in [-0.39, 0.29) is 5.91 Å². The van der Waals surface area contributed by atoms with Crippen molar-refractivity contribution < 1.29 is 19.0 Å². The van der Waals surface area contributed by atoms with Crippen LogP contribution in [-0.4, -0.2) is 67.3 Å². The fourth-order valence-corrected chi connectivity index (χ4v) is 4.37. The van der Waals surface area contributed by atoms with Crippen molar-refractivity contribution in [3.8, 4) is 11.5 Å². The molecule has 3 aromatic carbocycles. The van der Waals surface area contributed by atoms with Crippen LogP contribution in [0.3, 0.4) is 0 Å². The van der Waals surface area contributed by atoms with Gasteiger partial charge in [-0.15, -0.1) is 0 Å². The fraction of sp³-hybridized carbons (Fsp3) is 0.276. The van der Waals surface area contributed by atoms with Crippen molar-refractivity contribution in [3.63, 3.8) is 0 Å². The molecule has 1 aliphatic heterocycles. The van der Waals surface area contributed by atoms with Crippen LogP contribution >= 0.6 is 0 Å². The quantitative estimate of drug-likeness (QED) is 0.249. The fourth-order valence-electron chi connectivity index (χ4n) is 4.37. The van der Waals surface area contributed by atoms with Gasteiger partial charge in [0.2, 0.25) is 0 Å². The van der Waals surface area contributed by atoms with E-state index < -0.39 is 0 Å². The molecule has 1 N–H and O–H groups in total. The standard InChI is InChI=1S/C29H31N5O4/c1-36-26-19-24-25(20-27(26)38-16-8-13-33-14-17-37-18-15-33)30-21-31-28(24)34(23-11-6-3-7-12-23)32-29(35)22-9-4-2-5-10-22/h2-7,9-12,19-21H,8,13-18H2,1H3,(H,32,35). The number of hydrogen-bond acceptors (Lipinski definition) is 8. The number of nitrogens with one attached hydrogen (secondary N) is 1. The molecule has 4 aromatic rings. The Labute approximate surface area is 221 Å². The van der Waals surface area contributed by atoms with Gasteiger partial charge < -0.3 is 14.2 Å². The number of hydrogen-bond donors (Lipinski definition) is 1. The normalized spacial score (nSPS) is 13.7. The Morgan fingerprint density at radius 3 is 2.47 bits per heavy atom. The summed E-state index contributed by atoms with van der Waals surface area (Å²) in [6.07, 6.45) is 2.38. The number of methoxy groups -OCH3 is 1. The number of nitrogens with zero attached hydrogens (tertiary/aromatic N) is 4. The number of carbonyl (C=O) groups is 1. The average molecular weight is 514 g/mol. The first-order valence-electron chi connectivity index (χ1n) is 12.7. The number of hydrazine groups is 1. The largest absolute Gasteiger partial charge is 0.493 e. The molecule has 0 saturated carbocycles. The SMILES string of the molecule is COc1cc2c(N(NC(=O)c3ccccc3)c3ccccc3)ncnc2cc1OCCCN1CCOCC1. The predicted molar refractivity (Wildman–Crippen MR) is 146 cm³/mol. The molecule has 38 heavy (non-hydrogen) atoms. The molecule has 196 valence electrons. The molecule has 9 nitrogen and oxygen atoms in total. The molecule has 5 rings (SSSR count). The van der Waals surface area contributed by atoms with E-state index in [1.54, 1.807) is 24.3 Å². The molecule has 0 spiro atoms. The zero-order valence-corrected chi connectivity index (χ0v) is 21.4. The second kappa shape index (κ2) is 12.4. The minimum Gasteiger partial charge on any atom is -0.493 e. The summed E-state index contributed by atoms with van der Waals surface area (Å²) < 4.78 is 17.2. The van der Waals surface area contributed by atoms with Crippen molar-refractivity contribution in [1.29, 1.82) is 0 Å². The zero-order chi connectivity index (χ0) is 26.2. The summed E-state index contributed by atoms with van der Waals surface area (Å²) in [5, 5.41) is 2.38. The maximum absolute atomic E-state index is 13.1. The van der Waals surface area contributed by atoms with Gasteiger partial charge in [-0.2, -0.15) is 0 Å². The van der Waals surface area contributed by atoms with E-state index in [1.807, 2.05) is 60.7 Å². The maximum atomic E-state index is 13.1. The summed E-state index contributed by atoms with van der Waals surface area (Å²) in [6, 6.07) is 22.3. The molecule has 9 heteroatoms. The number of benzene rings is 3. The number of rotatable bonds is 10. The van der Waals surface area contributed by atoms with E-state index in [0.29, 0.717) is 40.4 Å². The Hall–Kier alpha value is -4.21. The second-order valence-electron chi connectivity index (χ2n) is 8.85. The summed E-state index contributed by atoms with van der Waals surface area (Å²) in [5.41, 5.74) is 4.96. The molecule has 1 saturated heterocycles. The number of amides is 1. The second-order valence-corrected chi connectivity index (χ2v) is 8.85. The van der Waals surface area contributed by atoms with Gasteiger partial charge >= 0.3 is 0 Å². The number of anilines is 2. The zero-order valence-electron chi connectivity index (χ0n) is 21.4. The van der Waals surface area contributed by atoms with Crippen molar-refractivity contribution in [2.45, 2.75) is 6.42 Å². The highest BCUT2D eigenvalue weighted by Crippen LogP contribution is 2.36. The van der Waals surface area contributed by atoms with Crippen molar-refractivity contribution in [2.24, 2.45) is 0 Å². The third-order valence-electron chi connectivity index (χ3n) is 6.36. The Morgan fingerprint density at radius 2 is 1.74 bits per heavy atom. The first kappa shape index (κ1) is 25.4. The van der Waals surface area contributed by atoms with Crippen molar-refractivity contribution in [3.05, 3.63) is 84.7 Å². The lowest BCUT2D eigenvalue weighted by molar-refractivity contribution is 0.0357. The number of carbonyl (C=O) groups excluding carboxylic acids is 1. The van der Waals surface area contributed by atoms with Crippen LogP contribution in [0.25, 0.3) is 10.9 Å². The van der Waals surface area contributed by atoms with E-state index in [4.69, 9.17) is 14.2 Å². The Balaban J connectivity index is 1.41. The van der Waals surface area contributed by atoms with Gasteiger partial charge in [-0.05, 0) is 36.8 Å². The summed E-state index contributed by atoms with van der Waals surface area (Å²) in [6.45, 7) is 5.00. The highest BCUT2D eigenvalue weighted by molar-refractivity contribution is 5.99. The molecule has 1 aromatic heterocycles. The highest BCUT2D eigenvalue weighted by atomic mass is 16.5. The lowest BCUT2D eigenvalue weighted by Gasteiger charge is -2.26. The lowest BCUT2D eigenvalue weighted by Crippen LogP contribution is -2.39. The predicted octanol–water partition coefficient (Wildman–Crippen LogP) is 4.22. The monoisotopic (exact) mass is 513 g/mol. The highest BCUT2D eigenvalue weighted by Gasteiger charge is 2.20. The number of para-hydroxylation sites is 1. The molecule has 1 aliphatic rings. The molecule has 0 aliphatic carbocycles. The van der Waals surface area contributed by atoms with E-state index in [0.717, 1.165) is 45.0 Å². The van der Waals surface area contributed by atoms with Gasteiger partial charge in [0.15, 0.2) is 17.3 Å². The average Bonchev–Trinajstić information content (AvgIpc) is 2.98. The van der Waals surface area contributed by atoms with Gasteiger partial charge in [-0.3, -0.25) is 15.1 Å². The summed E-state index contributed by atoms with van der Waals surface area (Å²) in [7, 11) is 1.61. The first-order valence-corrected chi connectivity index (χ1v) is 12.7. The van der Waals surface area contributed by atoms with Gasteiger partial charge in [0.25, 0.3) is 5.91 Å². The molecule has 0 atom stereocenters. The van der Waals surface area contributed by atoms with E-state index in [2.05, 4.69) is 20.3 Å². The van der Waals surface area contributed by atoms with Crippen LogP contribution in [-0.2, 0) is 4.74 Å². The topological polar surface area (TPSA) is 89.0 Å². The van der Waals surface area contributed by atoms with Crippen LogP contribution in [0.5, 0.6) is 11.5 Å². The van der Waals surface area contributed by atoms with Crippen LogP contribution in [0, 0.1) is 0 Å². The minimum atomic E-state index is -0.256. The van der Waals surface area contributed by atoms with Crippen LogP contribution in [0.4, 0.5) is 11.5 Å². The van der Waals surface area contributed by atoms with Gasteiger partial charge in [0.05, 0.1) is 38.1 Å². The van der Waals surface area contributed by atoms with E-state index in [1.165, 1.54) is 6.33 Å². The van der Waals surface area contributed by atoms with E-state index in [9.17, 15) is 4.79 Å². The molecular formula is C29H31N5O4. The summed E-state index contributed by atoms with van der Waals surface area (Å²) in [5.74, 6) is 1.45. The molecular weight excluding hydrogens is 482 g/mol. The van der Waals surface area contributed by atoms with Crippen LogP contribution in [0.2, 0.25) is 0 Å². The van der Waals surface area contributed by atoms with Crippen LogP contribution < -0.4 is 19.9 Å². The lowest BCUT2D eigenvalue weighted by atomic mass is 10.2. The third kappa shape index (κ3) is 6.01. The van der Waals surface area contributed by atoms with Crippen molar-refractivity contribution in [1.82, 2.24) is 20.3 Å². The van der Waals surface area contributed by atoms with Crippen LogP contribution in [0.15, 0.2) is 79.1 Å². The molecule has 0 radical (unpaired) electrons. The smallest absolute Gasteiger partial charge is 0.270 e. The Bertz CT molecular complexity index is 1350. The number of morpholine rings is 1. The van der Waals surface area contributed by atoms with Crippen molar-refractivity contribution in [2.75, 3.05) is 51.6 Å². The van der Waals surface area contributed by atoms with Gasteiger partial charge in [-0.1, -0.05) is 36.4 Å². The summed E-state index contributed by atoms with van der Waals surface area (Å²) >= 11 is 0. The Morgan fingerprint density at radius 1 is 1.00 bits per heavy atom. The summed E-state index contributed by atoms with van der Waals surface area (Å²) in [4.78, 5) is 24.5. The molecule has 2 heterocycles. The number of ether oxygens (including phenoxy) is 3. The van der Waals surface area contributed by atoms with Crippen LogP contribution in [0.1, 0.15) is 16.8 Å². The minimum absolute atomic E-state index is 0.256. The molecule has 0 bridgehead atoms. The van der Waals surface area contributed by atoms with Gasteiger partial charge in [0.1, 0.15) is 6.33 Å². The Kier molecular flexibility index (Phi) is 8.27. The number of aromatic nitrogens is 2. The van der Waals surface area contributed by atoms with Gasteiger partial charge in [0, 0.05) is 36.7 Å². The number of fused-ring (bicyclic) bond motifs is 1.